The molecule has 0 aliphatic heterocycles. The van der Waals surface area contributed by atoms with Crippen LogP contribution in [0.4, 0.5) is 10.1 Å². The molecule has 0 spiro atoms. The minimum atomic E-state index is -0.810. The van der Waals surface area contributed by atoms with E-state index in [9.17, 15) is 14.5 Å². The second-order valence-electron chi connectivity index (χ2n) is 4.41. The highest BCUT2D eigenvalue weighted by Gasteiger charge is 2.18. The van der Waals surface area contributed by atoms with Crippen LogP contribution in [0.5, 0.6) is 0 Å². The van der Waals surface area contributed by atoms with Gasteiger partial charge < -0.3 is 9.88 Å². The van der Waals surface area contributed by atoms with Crippen molar-refractivity contribution in [3.63, 3.8) is 0 Å². The third kappa shape index (κ3) is 2.80. The van der Waals surface area contributed by atoms with Crippen molar-refractivity contribution in [2.45, 2.75) is 19.5 Å². The van der Waals surface area contributed by atoms with Crippen LogP contribution in [0.1, 0.15) is 24.4 Å². The number of nitrogens with zero attached hydrogens (tertiary/aromatic N) is 4. The fourth-order valence-corrected chi connectivity index (χ4v) is 1.88. The van der Waals surface area contributed by atoms with E-state index in [-0.39, 0.29) is 18.2 Å². The summed E-state index contributed by atoms with van der Waals surface area (Å²) in [5.74, 6) is -0.106. The summed E-state index contributed by atoms with van der Waals surface area (Å²) < 4.78 is 15.6. The highest BCUT2D eigenvalue weighted by atomic mass is 19.1. The fourth-order valence-electron chi connectivity index (χ4n) is 1.88. The number of nitro groups is 1. The molecule has 1 heterocycles. The summed E-state index contributed by atoms with van der Waals surface area (Å²) in [6.45, 7) is 2.03. The number of nitrogens with one attached hydrogen (secondary N) is 1. The van der Waals surface area contributed by atoms with E-state index < -0.39 is 16.4 Å². The summed E-state index contributed by atoms with van der Waals surface area (Å²) in [6.07, 6.45) is 1.57. The maximum atomic E-state index is 13.9. The summed E-state index contributed by atoms with van der Waals surface area (Å²) in [5.41, 5.74) is -0.274. The monoisotopic (exact) mass is 279 g/mol. The van der Waals surface area contributed by atoms with Gasteiger partial charge in [0.15, 0.2) is 0 Å². The highest BCUT2D eigenvalue weighted by Crippen LogP contribution is 2.20. The first-order valence-electron chi connectivity index (χ1n) is 5.99. The lowest BCUT2D eigenvalue weighted by Crippen LogP contribution is -2.21. The Labute approximate surface area is 114 Å². The molecule has 0 aliphatic carbocycles. The van der Waals surface area contributed by atoms with Gasteiger partial charge in [-0.2, -0.15) is 4.39 Å². The molecule has 0 amide bonds. The number of aromatic nitrogens is 3. The third-order valence-corrected chi connectivity index (χ3v) is 2.99. The van der Waals surface area contributed by atoms with Crippen LogP contribution in [-0.2, 0) is 13.6 Å². The molecular formula is C12H14FN5O2. The van der Waals surface area contributed by atoms with Gasteiger partial charge in [0.1, 0.15) is 12.2 Å². The zero-order chi connectivity index (χ0) is 14.7. The zero-order valence-electron chi connectivity index (χ0n) is 11.1. The number of hydrogen-bond acceptors (Lipinski definition) is 5. The minimum Gasteiger partial charge on any atom is -0.319 e. The predicted octanol–water partition coefficient (Wildman–Crippen LogP) is 1.71. The van der Waals surface area contributed by atoms with Gasteiger partial charge in [0.25, 0.3) is 0 Å². The zero-order valence-corrected chi connectivity index (χ0v) is 11.1. The largest absolute Gasteiger partial charge is 0.319 e. The molecule has 1 aromatic heterocycles. The number of aryl methyl sites for hydroxylation is 1. The maximum absolute atomic E-state index is 13.9. The van der Waals surface area contributed by atoms with Crippen LogP contribution in [0, 0.1) is 15.9 Å². The molecule has 20 heavy (non-hydrogen) atoms. The average Bonchev–Trinajstić information content (AvgIpc) is 2.83. The van der Waals surface area contributed by atoms with Crippen molar-refractivity contribution in [3.05, 3.63) is 51.8 Å². The van der Waals surface area contributed by atoms with Crippen LogP contribution >= 0.6 is 0 Å². The van der Waals surface area contributed by atoms with Crippen molar-refractivity contribution >= 4 is 5.69 Å². The topological polar surface area (TPSA) is 85.9 Å². The van der Waals surface area contributed by atoms with E-state index in [2.05, 4.69) is 15.5 Å². The van der Waals surface area contributed by atoms with Gasteiger partial charge >= 0.3 is 5.69 Å². The molecule has 1 atom stereocenters. The van der Waals surface area contributed by atoms with Crippen LogP contribution in [0.2, 0.25) is 0 Å². The Hall–Kier alpha value is -2.35. The molecule has 0 bridgehead atoms. The maximum Gasteiger partial charge on any atom is 0.305 e. The predicted molar refractivity (Wildman–Crippen MR) is 69.3 cm³/mol. The third-order valence-electron chi connectivity index (χ3n) is 2.99. The molecule has 1 unspecified atom stereocenters. The first-order chi connectivity index (χ1) is 9.50. The Kier molecular flexibility index (Phi) is 4.04. The summed E-state index contributed by atoms with van der Waals surface area (Å²) in [7, 11) is 1.81. The van der Waals surface area contributed by atoms with E-state index in [0.29, 0.717) is 5.82 Å². The summed E-state index contributed by atoms with van der Waals surface area (Å²) in [6, 6.07) is 3.97. The van der Waals surface area contributed by atoms with Crippen molar-refractivity contribution in [2.24, 2.45) is 7.05 Å². The minimum absolute atomic E-state index is 0.152. The molecule has 2 aromatic rings. The normalized spacial score (nSPS) is 12.3. The van der Waals surface area contributed by atoms with Gasteiger partial charge in [-0.1, -0.05) is 12.1 Å². The van der Waals surface area contributed by atoms with Crippen molar-refractivity contribution in [3.8, 4) is 0 Å². The first kappa shape index (κ1) is 14.1. The molecule has 0 aliphatic rings. The molecule has 0 saturated carbocycles. The van der Waals surface area contributed by atoms with Crippen molar-refractivity contribution < 1.29 is 9.31 Å². The lowest BCUT2D eigenvalue weighted by Gasteiger charge is -2.13. The van der Waals surface area contributed by atoms with Gasteiger partial charge in [0, 0.05) is 25.2 Å². The molecule has 1 aromatic carbocycles. The quantitative estimate of drug-likeness (QED) is 0.665. The Morgan fingerprint density at radius 3 is 2.90 bits per heavy atom. The van der Waals surface area contributed by atoms with E-state index in [1.54, 1.807) is 10.9 Å². The molecule has 7 nitrogen and oxygen atoms in total. The van der Waals surface area contributed by atoms with Crippen LogP contribution in [-0.4, -0.2) is 19.7 Å². The standard InChI is InChI=1S/C12H14FN5O2/c1-8(12-16-15-7-17(12)2)14-6-9-4-3-5-10(11(9)13)18(19)20/h3-5,7-8,14H,6H2,1-2H3. The molecule has 8 heteroatoms. The van der Waals surface area contributed by atoms with Crippen LogP contribution in [0.25, 0.3) is 0 Å². The molecule has 0 saturated heterocycles. The number of rotatable bonds is 5. The lowest BCUT2D eigenvalue weighted by molar-refractivity contribution is -0.387. The summed E-state index contributed by atoms with van der Waals surface area (Å²) in [4.78, 5) is 9.94. The van der Waals surface area contributed by atoms with Crippen molar-refractivity contribution in [1.82, 2.24) is 20.1 Å². The molecule has 106 valence electrons. The number of nitro benzene ring substituents is 1. The molecular weight excluding hydrogens is 265 g/mol. The van der Waals surface area contributed by atoms with E-state index >= 15 is 0 Å². The smallest absolute Gasteiger partial charge is 0.305 e. The molecule has 0 radical (unpaired) electrons. The molecule has 2 rings (SSSR count). The Morgan fingerprint density at radius 2 is 2.30 bits per heavy atom. The number of benzene rings is 1. The Morgan fingerprint density at radius 1 is 1.55 bits per heavy atom. The van der Waals surface area contributed by atoms with Crippen molar-refractivity contribution in [2.75, 3.05) is 0 Å². The van der Waals surface area contributed by atoms with Crippen LogP contribution in [0.3, 0.4) is 0 Å². The van der Waals surface area contributed by atoms with Crippen LogP contribution in [0.15, 0.2) is 24.5 Å². The van der Waals surface area contributed by atoms with E-state index in [4.69, 9.17) is 0 Å². The van der Waals surface area contributed by atoms with Gasteiger partial charge in [-0.15, -0.1) is 10.2 Å². The second-order valence-corrected chi connectivity index (χ2v) is 4.41. The molecule has 0 fully saturated rings. The van der Waals surface area contributed by atoms with Gasteiger partial charge in [-0.25, -0.2) is 0 Å². The first-order valence-corrected chi connectivity index (χ1v) is 5.99. The number of halogens is 1. The van der Waals surface area contributed by atoms with Crippen LogP contribution < -0.4 is 5.32 Å². The van der Waals surface area contributed by atoms with Gasteiger partial charge in [0.2, 0.25) is 5.82 Å². The van der Waals surface area contributed by atoms with Gasteiger partial charge in [-0.3, -0.25) is 10.1 Å². The second kappa shape index (κ2) is 5.74. The molecule has 1 N–H and O–H groups in total. The van der Waals surface area contributed by atoms with E-state index in [0.717, 1.165) is 6.07 Å². The average molecular weight is 279 g/mol. The van der Waals surface area contributed by atoms with Crippen molar-refractivity contribution in [1.29, 1.82) is 0 Å². The summed E-state index contributed by atoms with van der Waals surface area (Å²) in [5, 5.41) is 21.4. The van der Waals surface area contributed by atoms with E-state index in [1.165, 1.54) is 12.1 Å². The highest BCUT2D eigenvalue weighted by molar-refractivity contribution is 5.36. The number of hydrogen-bond donors (Lipinski definition) is 1. The SMILES string of the molecule is CC(NCc1cccc([N+](=O)[O-])c1F)c1nncn1C. The Bertz CT molecular complexity index is 628. The van der Waals surface area contributed by atoms with E-state index in [1.807, 2.05) is 14.0 Å². The Balaban J connectivity index is 2.10. The summed E-state index contributed by atoms with van der Waals surface area (Å²) >= 11 is 0. The van der Waals surface area contributed by atoms with Gasteiger partial charge in [-0.05, 0) is 6.92 Å². The fraction of sp³-hybridized carbons (Fsp3) is 0.333. The lowest BCUT2D eigenvalue weighted by atomic mass is 10.1. The van der Waals surface area contributed by atoms with Gasteiger partial charge in [0.05, 0.1) is 11.0 Å².